The number of nitrogens with zero attached hydrogens (tertiary/aromatic N) is 2. The highest BCUT2D eigenvalue weighted by Gasteiger charge is 2.48. The van der Waals surface area contributed by atoms with Crippen molar-refractivity contribution in [3.8, 4) is 33.4 Å². The predicted octanol–water partition coefficient (Wildman–Crippen LogP) is 18.9. The molecule has 5 aliphatic rings. The predicted molar refractivity (Wildman–Crippen MR) is 298 cm³/mol. The summed E-state index contributed by atoms with van der Waals surface area (Å²) >= 11 is 0. The Morgan fingerprint density at radius 3 is 1.08 bits per heavy atom. The zero-order valence-electron chi connectivity index (χ0n) is 40.7. The SMILES string of the molecule is CC1(C)c2cc(N(c3ccccc3)c3cc4c(c5ccccc35)-c3ccccc3C43CCCC3)ccc2-c2ccc(N(c3ccccc3)c3cc4c(c5ccccc35)-c3ccccc3C43CCCC3)cc21. The lowest BCUT2D eigenvalue weighted by Crippen LogP contribution is -2.21. The van der Waals surface area contributed by atoms with Crippen LogP contribution in [0, 0.1) is 0 Å². The molecule has 2 fully saturated rings. The molecule has 2 heteroatoms. The van der Waals surface area contributed by atoms with Gasteiger partial charge in [0, 0.05) is 49.8 Å². The van der Waals surface area contributed by atoms with Gasteiger partial charge in [0.2, 0.25) is 0 Å². The fraction of sp³-hybridized carbons (Fsp3) is 0.188. The Hall–Kier alpha value is -7.68. The molecule has 0 radical (unpaired) electrons. The Bertz CT molecular complexity index is 3560. The van der Waals surface area contributed by atoms with Crippen LogP contribution < -0.4 is 9.80 Å². The number of para-hydroxylation sites is 2. The number of benzene rings is 10. The smallest absolute Gasteiger partial charge is 0.0543 e. The number of rotatable bonds is 6. The van der Waals surface area contributed by atoms with Crippen molar-refractivity contribution in [1.82, 2.24) is 0 Å². The quantitative estimate of drug-likeness (QED) is 0.164. The van der Waals surface area contributed by atoms with E-state index >= 15 is 0 Å². The van der Waals surface area contributed by atoms with Crippen molar-refractivity contribution in [2.75, 3.05) is 9.80 Å². The molecule has 0 saturated heterocycles. The van der Waals surface area contributed by atoms with Gasteiger partial charge >= 0.3 is 0 Å². The molecule has 0 amide bonds. The van der Waals surface area contributed by atoms with Crippen LogP contribution in [-0.4, -0.2) is 0 Å². The van der Waals surface area contributed by atoms with Crippen LogP contribution in [0.15, 0.2) is 206 Å². The van der Waals surface area contributed by atoms with Crippen LogP contribution in [0.25, 0.3) is 54.9 Å². The maximum Gasteiger partial charge on any atom is 0.0543 e. The maximum atomic E-state index is 2.60. The molecule has 0 heterocycles. The van der Waals surface area contributed by atoms with Crippen LogP contribution in [-0.2, 0) is 16.2 Å². The summed E-state index contributed by atoms with van der Waals surface area (Å²) in [5.41, 5.74) is 24.2. The molecule has 5 aliphatic carbocycles. The van der Waals surface area contributed by atoms with E-state index in [-0.39, 0.29) is 16.2 Å². The highest BCUT2D eigenvalue weighted by Crippen LogP contribution is 2.63. The van der Waals surface area contributed by atoms with Crippen LogP contribution >= 0.6 is 0 Å². The molecular formula is C69H56N2. The minimum atomic E-state index is -0.271. The molecule has 0 atom stereocenters. The van der Waals surface area contributed by atoms with Gasteiger partial charge in [0.1, 0.15) is 0 Å². The second kappa shape index (κ2) is 15.2. The van der Waals surface area contributed by atoms with Gasteiger partial charge in [-0.15, -0.1) is 0 Å². The first-order valence-electron chi connectivity index (χ1n) is 26.3. The van der Waals surface area contributed by atoms with E-state index < -0.39 is 0 Å². The van der Waals surface area contributed by atoms with Gasteiger partial charge in [-0.2, -0.15) is 0 Å². The summed E-state index contributed by atoms with van der Waals surface area (Å²) in [6, 6.07) is 79.0. The van der Waals surface area contributed by atoms with Crippen molar-refractivity contribution in [3.63, 3.8) is 0 Å². The topological polar surface area (TPSA) is 6.48 Å². The Morgan fingerprint density at radius 1 is 0.296 bits per heavy atom. The Labute approximate surface area is 417 Å². The monoisotopic (exact) mass is 912 g/mol. The van der Waals surface area contributed by atoms with E-state index in [1.165, 1.54) is 174 Å². The molecule has 2 saturated carbocycles. The fourth-order valence-corrected chi connectivity index (χ4v) is 15.0. The van der Waals surface area contributed by atoms with Gasteiger partial charge in [0.05, 0.1) is 11.4 Å². The lowest BCUT2D eigenvalue weighted by atomic mass is 9.76. The summed E-state index contributed by atoms with van der Waals surface area (Å²) in [6.07, 6.45) is 9.87. The summed E-state index contributed by atoms with van der Waals surface area (Å²) in [5, 5.41) is 5.27. The van der Waals surface area contributed by atoms with E-state index in [1.54, 1.807) is 0 Å². The second-order valence-corrected chi connectivity index (χ2v) is 21.8. The van der Waals surface area contributed by atoms with Crippen molar-refractivity contribution in [2.24, 2.45) is 0 Å². The summed E-state index contributed by atoms with van der Waals surface area (Å²) < 4.78 is 0. The molecule has 10 aromatic rings. The largest absolute Gasteiger partial charge is 0.310 e. The lowest BCUT2D eigenvalue weighted by molar-refractivity contribution is 0.550. The third kappa shape index (κ3) is 5.65. The van der Waals surface area contributed by atoms with Crippen LogP contribution in [0.1, 0.15) is 98.6 Å². The zero-order chi connectivity index (χ0) is 47.1. The number of hydrogen-bond acceptors (Lipinski definition) is 2. The van der Waals surface area contributed by atoms with Crippen molar-refractivity contribution in [2.45, 2.75) is 81.5 Å². The standard InChI is InChI=1S/C69H56N2/c1-67(2)59-41-47(70(45-21-5-3-6-22-45)63-43-61-65(53-27-11-9-25-51(53)63)55-29-13-15-31-57(55)68(61)37-17-18-38-68)33-35-49(59)50-36-34-48(42-60(50)67)71(46-23-7-4-8-24-46)64-44-62-66(54-28-12-10-26-52(54)64)56-30-14-16-32-58(56)69(62)39-19-20-40-69/h3-16,21-36,41-44H,17-20,37-40H2,1-2H3. The van der Waals surface area contributed by atoms with Crippen molar-refractivity contribution in [3.05, 3.63) is 240 Å². The van der Waals surface area contributed by atoms with E-state index in [1.807, 2.05) is 0 Å². The average molecular weight is 913 g/mol. The molecule has 2 spiro atoms. The molecule has 0 aliphatic heterocycles. The third-order valence-electron chi connectivity index (χ3n) is 18.1. The van der Waals surface area contributed by atoms with Crippen LogP contribution in [0.3, 0.4) is 0 Å². The molecule has 0 unspecified atom stereocenters. The maximum absolute atomic E-state index is 2.60. The zero-order valence-corrected chi connectivity index (χ0v) is 40.7. The molecule has 0 aromatic heterocycles. The lowest BCUT2D eigenvalue weighted by Gasteiger charge is -2.32. The first-order chi connectivity index (χ1) is 34.9. The Kier molecular flexibility index (Phi) is 8.78. The van der Waals surface area contributed by atoms with Crippen LogP contribution in [0.5, 0.6) is 0 Å². The fourth-order valence-electron chi connectivity index (χ4n) is 15.0. The van der Waals surface area contributed by atoms with Gasteiger partial charge < -0.3 is 9.80 Å². The molecule has 10 aromatic carbocycles. The molecule has 342 valence electrons. The molecular weight excluding hydrogens is 857 g/mol. The van der Waals surface area contributed by atoms with Gasteiger partial charge in [-0.1, -0.05) is 185 Å². The van der Waals surface area contributed by atoms with Gasteiger partial charge in [-0.05, 0) is 164 Å². The normalized spacial score (nSPS) is 16.8. The Balaban J connectivity index is 0.893. The highest BCUT2D eigenvalue weighted by molar-refractivity contribution is 6.12. The van der Waals surface area contributed by atoms with Crippen LogP contribution in [0.4, 0.5) is 34.1 Å². The van der Waals surface area contributed by atoms with Gasteiger partial charge in [0.25, 0.3) is 0 Å². The third-order valence-corrected chi connectivity index (χ3v) is 18.1. The van der Waals surface area contributed by atoms with E-state index in [0.717, 1.165) is 0 Å². The van der Waals surface area contributed by atoms with E-state index in [2.05, 4.69) is 230 Å². The molecule has 71 heavy (non-hydrogen) atoms. The highest BCUT2D eigenvalue weighted by atomic mass is 15.2. The number of fused-ring (bicyclic) bond motifs is 17. The summed E-state index contributed by atoms with van der Waals surface area (Å²) in [6.45, 7) is 4.89. The summed E-state index contributed by atoms with van der Waals surface area (Å²) in [5.74, 6) is 0. The number of hydrogen-bond donors (Lipinski definition) is 0. The van der Waals surface area contributed by atoms with Crippen molar-refractivity contribution < 1.29 is 0 Å². The molecule has 0 N–H and O–H groups in total. The van der Waals surface area contributed by atoms with Gasteiger partial charge in [0.15, 0.2) is 0 Å². The summed E-state index contributed by atoms with van der Waals surface area (Å²) in [4.78, 5) is 5.12. The van der Waals surface area contributed by atoms with Crippen molar-refractivity contribution in [1.29, 1.82) is 0 Å². The Morgan fingerprint density at radius 2 is 0.662 bits per heavy atom. The molecule has 15 rings (SSSR count). The number of anilines is 6. The molecule has 0 bridgehead atoms. The average Bonchev–Trinajstić information content (AvgIpc) is 4.27. The van der Waals surface area contributed by atoms with Crippen molar-refractivity contribution >= 4 is 55.7 Å². The minimum Gasteiger partial charge on any atom is -0.310 e. The van der Waals surface area contributed by atoms with E-state index in [4.69, 9.17) is 0 Å². The first kappa shape index (κ1) is 41.1. The van der Waals surface area contributed by atoms with E-state index in [0.29, 0.717) is 0 Å². The van der Waals surface area contributed by atoms with Crippen LogP contribution in [0.2, 0.25) is 0 Å². The summed E-state index contributed by atoms with van der Waals surface area (Å²) in [7, 11) is 0. The minimum absolute atomic E-state index is 0.0506. The second-order valence-electron chi connectivity index (χ2n) is 21.8. The first-order valence-corrected chi connectivity index (χ1v) is 26.3. The van der Waals surface area contributed by atoms with E-state index in [9.17, 15) is 0 Å². The van der Waals surface area contributed by atoms with Gasteiger partial charge in [-0.3, -0.25) is 0 Å². The molecule has 2 nitrogen and oxygen atoms in total. The van der Waals surface area contributed by atoms with Gasteiger partial charge in [-0.25, -0.2) is 0 Å².